The van der Waals surface area contributed by atoms with E-state index < -0.39 is 5.60 Å². The Balaban J connectivity index is 1.87. The maximum atomic E-state index is 12.4. The lowest BCUT2D eigenvalue weighted by Gasteiger charge is -2.41. The van der Waals surface area contributed by atoms with Gasteiger partial charge in [0.05, 0.1) is 23.6 Å². The molecule has 0 amide bonds. The van der Waals surface area contributed by atoms with Crippen molar-refractivity contribution < 1.29 is 9.47 Å². The number of aryl methyl sites for hydroxylation is 1. The van der Waals surface area contributed by atoms with Crippen LogP contribution in [0.1, 0.15) is 35.2 Å². The SMILES string of the molecule is [O-][n+]1c(Cl)cc(Cl)c2c1C[C@]1(CCCc3ccc(Br)cc31)OC2. The van der Waals surface area contributed by atoms with Gasteiger partial charge in [0.25, 0.3) is 5.15 Å². The summed E-state index contributed by atoms with van der Waals surface area (Å²) in [4.78, 5) is 0. The number of fused-ring (bicyclic) bond motifs is 3. The number of hydrogen-bond acceptors (Lipinski definition) is 2. The van der Waals surface area contributed by atoms with Gasteiger partial charge in [-0.05, 0) is 54.1 Å². The van der Waals surface area contributed by atoms with Crippen molar-refractivity contribution in [1.29, 1.82) is 0 Å². The van der Waals surface area contributed by atoms with Gasteiger partial charge in [-0.15, -0.1) is 0 Å². The second-order valence-corrected chi connectivity index (χ2v) is 7.86. The van der Waals surface area contributed by atoms with Crippen molar-refractivity contribution in [3.05, 3.63) is 66.5 Å². The highest BCUT2D eigenvalue weighted by atomic mass is 79.9. The zero-order chi connectivity index (χ0) is 16.2. The van der Waals surface area contributed by atoms with Crippen LogP contribution in [0.3, 0.4) is 0 Å². The number of pyridine rings is 1. The smallest absolute Gasteiger partial charge is 0.287 e. The molecule has 2 aliphatic rings. The summed E-state index contributed by atoms with van der Waals surface area (Å²) in [5.74, 6) is 0. The van der Waals surface area contributed by atoms with E-state index in [4.69, 9.17) is 27.9 Å². The van der Waals surface area contributed by atoms with Gasteiger partial charge < -0.3 is 9.94 Å². The molecule has 23 heavy (non-hydrogen) atoms. The minimum Gasteiger partial charge on any atom is -0.617 e. The van der Waals surface area contributed by atoms with Crippen LogP contribution in [0.15, 0.2) is 28.7 Å². The number of nitrogens with zero attached hydrogens (tertiary/aromatic N) is 1. The lowest BCUT2D eigenvalue weighted by Crippen LogP contribution is -2.46. The Kier molecular flexibility index (Phi) is 3.84. The molecule has 1 aliphatic heterocycles. The molecular weight excluding hydrogens is 401 g/mol. The molecule has 4 rings (SSSR count). The predicted octanol–water partition coefficient (Wildman–Crippen LogP) is 4.69. The first-order chi connectivity index (χ1) is 11.0. The summed E-state index contributed by atoms with van der Waals surface area (Å²) < 4.78 is 8.10. The third-order valence-electron chi connectivity index (χ3n) is 4.86. The largest absolute Gasteiger partial charge is 0.617 e. The Morgan fingerprint density at radius 3 is 2.91 bits per heavy atom. The van der Waals surface area contributed by atoms with Gasteiger partial charge in [0.1, 0.15) is 5.60 Å². The number of aromatic nitrogens is 1. The molecule has 2 aromatic rings. The van der Waals surface area contributed by atoms with E-state index in [-0.39, 0.29) is 5.15 Å². The molecule has 2 heterocycles. The molecule has 1 aliphatic carbocycles. The molecule has 6 heteroatoms. The lowest BCUT2D eigenvalue weighted by molar-refractivity contribution is -0.614. The van der Waals surface area contributed by atoms with E-state index in [1.807, 2.05) is 0 Å². The molecule has 120 valence electrons. The molecule has 0 fully saturated rings. The summed E-state index contributed by atoms with van der Waals surface area (Å²) in [5.41, 5.74) is 3.36. The Morgan fingerprint density at radius 1 is 1.26 bits per heavy atom. The Hall–Kier alpha value is -0.810. The molecule has 0 unspecified atom stereocenters. The Bertz CT molecular complexity index is 812. The number of ether oxygens (including phenoxy) is 1. The molecule has 3 nitrogen and oxygen atoms in total. The van der Waals surface area contributed by atoms with E-state index in [2.05, 4.69) is 34.1 Å². The van der Waals surface area contributed by atoms with Gasteiger partial charge in [-0.25, -0.2) is 0 Å². The van der Waals surface area contributed by atoms with Gasteiger partial charge in [0, 0.05) is 10.5 Å². The van der Waals surface area contributed by atoms with E-state index >= 15 is 0 Å². The van der Waals surface area contributed by atoms with E-state index in [0.717, 1.165) is 34.0 Å². The number of rotatable bonds is 0. The maximum absolute atomic E-state index is 12.4. The molecule has 1 aromatic heterocycles. The highest BCUT2D eigenvalue weighted by molar-refractivity contribution is 9.10. The summed E-state index contributed by atoms with van der Waals surface area (Å²) in [6.45, 7) is 0.333. The number of benzene rings is 1. The summed E-state index contributed by atoms with van der Waals surface area (Å²) in [7, 11) is 0. The molecule has 1 aromatic carbocycles. The quantitative estimate of drug-likeness (QED) is 0.356. The van der Waals surface area contributed by atoms with Gasteiger partial charge in [0.15, 0.2) is 0 Å². The normalized spacial score (nSPS) is 22.7. The van der Waals surface area contributed by atoms with Crippen LogP contribution in [0, 0.1) is 5.21 Å². The molecular formula is C17H14BrCl2NO2. The number of halogens is 3. The zero-order valence-corrected chi connectivity index (χ0v) is 15.3. The van der Waals surface area contributed by atoms with Crippen LogP contribution in [0.25, 0.3) is 0 Å². The van der Waals surface area contributed by atoms with Crippen molar-refractivity contribution in [3.8, 4) is 0 Å². The second kappa shape index (κ2) is 5.62. The highest BCUT2D eigenvalue weighted by Gasteiger charge is 2.44. The van der Waals surface area contributed by atoms with Crippen molar-refractivity contribution in [3.63, 3.8) is 0 Å². The molecule has 1 spiro atoms. The van der Waals surface area contributed by atoms with Gasteiger partial charge in [-0.3, -0.25) is 0 Å². The number of hydrogen-bond donors (Lipinski definition) is 0. The highest BCUT2D eigenvalue weighted by Crippen LogP contribution is 2.45. The van der Waals surface area contributed by atoms with Crippen LogP contribution < -0.4 is 4.73 Å². The lowest BCUT2D eigenvalue weighted by atomic mass is 9.75. The van der Waals surface area contributed by atoms with E-state index in [9.17, 15) is 5.21 Å². The van der Waals surface area contributed by atoms with E-state index in [0.29, 0.717) is 23.7 Å². The van der Waals surface area contributed by atoms with E-state index in [1.54, 1.807) is 0 Å². The minimum atomic E-state index is -0.468. The molecule has 0 N–H and O–H groups in total. The third kappa shape index (κ3) is 2.47. The molecule has 0 bridgehead atoms. The van der Waals surface area contributed by atoms with Crippen LogP contribution >= 0.6 is 39.1 Å². The molecule has 0 saturated carbocycles. The molecule has 1 atom stereocenters. The van der Waals surface area contributed by atoms with Gasteiger partial charge >= 0.3 is 0 Å². The average Bonchev–Trinajstić information content (AvgIpc) is 2.54. The first-order valence-electron chi connectivity index (χ1n) is 7.52. The van der Waals surface area contributed by atoms with Crippen molar-refractivity contribution >= 4 is 39.1 Å². The van der Waals surface area contributed by atoms with Crippen LogP contribution in [0.4, 0.5) is 0 Å². The van der Waals surface area contributed by atoms with Gasteiger partial charge in [0.2, 0.25) is 5.69 Å². The fourth-order valence-corrected chi connectivity index (χ4v) is 4.62. The summed E-state index contributed by atoms with van der Waals surface area (Å²) >= 11 is 15.8. The van der Waals surface area contributed by atoms with Crippen molar-refractivity contribution in [2.45, 2.75) is 37.9 Å². The maximum Gasteiger partial charge on any atom is 0.287 e. The summed E-state index contributed by atoms with van der Waals surface area (Å²) in [6, 6.07) is 7.79. The van der Waals surface area contributed by atoms with Crippen molar-refractivity contribution in [2.24, 2.45) is 0 Å². The Morgan fingerprint density at radius 2 is 2.09 bits per heavy atom. The summed E-state index contributed by atoms with van der Waals surface area (Å²) in [5, 5.41) is 13.0. The standard InChI is InChI=1S/C17H14BrCl2NO2/c18-11-4-3-10-2-1-5-17(13(10)6-11)8-15-12(9-23-17)14(19)7-16(20)21(15)22/h3-4,6-7H,1-2,5,8-9H2/t17-/m0/s1. The second-order valence-electron chi connectivity index (χ2n) is 6.15. The topological polar surface area (TPSA) is 36.2 Å². The monoisotopic (exact) mass is 413 g/mol. The first kappa shape index (κ1) is 15.7. The predicted molar refractivity (Wildman–Crippen MR) is 92.7 cm³/mol. The first-order valence-corrected chi connectivity index (χ1v) is 9.07. The summed E-state index contributed by atoms with van der Waals surface area (Å²) in [6.07, 6.45) is 3.46. The van der Waals surface area contributed by atoms with Gasteiger partial charge in [-0.1, -0.05) is 33.6 Å². The van der Waals surface area contributed by atoms with Crippen LogP contribution in [0.2, 0.25) is 10.2 Å². The minimum absolute atomic E-state index is 0.107. The van der Waals surface area contributed by atoms with E-state index in [1.165, 1.54) is 17.2 Å². The molecule has 0 saturated heterocycles. The fraction of sp³-hybridized carbons (Fsp3) is 0.353. The Labute approximate surface area is 152 Å². The van der Waals surface area contributed by atoms with Crippen LogP contribution in [-0.2, 0) is 29.8 Å². The van der Waals surface area contributed by atoms with Crippen LogP contribution in [0.5, 0.6) is 0 Å². The zero-order valence-electron chi connectivity index (χ0n) is 12.2. The van der Waals surface area contributed by atoms with Crippen LogP contribution in [-0.4, -0.2) is 0 Å². The average molecular weight is 415 g/mol. The van der Waals surface area contributed by atoms with Gasteiger partial charge in [-0.2, -0.15) is 4.73 Å². The fourth-order valence-electron chi connectivity index (χ4n) is 3.73. The van der Waals surface area contributed by atoms with Crippen molar-refractivity contribution in [2.75, 3.05) is 0 Å². The van der Waals surface area contributed by atoms with Crippen molar-refractivity contribution in [1.82, 2.24) is 0 Å². The molecule has 0 radical (unpaired) electrons. The third-order valence-corrected chi connectivity index (χ3v) is 5.95.